The predicted molar refractivity (Wildman–Crippen MR) is 85.0 cm³/mol. The molecule has 0 radical (unpaired) electrons. The second-order valence-corrected chi connectivity index (χ2v) is 5.54. The van der Waals surface area contributed by atoms with Gasteiger partial charge in [-0.25, -0.2) is 0 Å². The van der Waals surface area contributed by atoms with E-state index < -0.39 is 5.54 Å². The van der Waals surface area contributed by atoms with Gasteiger partial charge < -0.3 is 16.0 Å². The van der Waals surface area contributed by atoms with E-state index in [4.69, 9.17) is 5.73 Å². The van der Waals surface area contributed by atoms with E-state index in [9.17, 15) is 4.79 Å². The number of anilines is 1. The average Bonchev–Trinajstić information content (AvgIpc) is 2.39. The third kappa shape index (κ3) is 4.23. The molecule has 1 aromatic rings. The lowest BCUT2D eigenvalue weighted by Crippen LogP contribution is -2.53. The Bertz CT molecular complexity index is 447. The van der Waals surface area contributed by atoms with E-state index in [2.05, 4.69) is 36.3 Å². The molecule has 20 heavy (non-hydrogen) atoms. The van der Waals surface area contributed by atoms with Gasteiger partial charge in [0.2, 0.25) is 5.91 Å². The van der Waals surface area contributed by atoms with Crippen molar-refractivity contribution in [3.05, 3.63) is 29.8 Å². The Morgan fingerprint density at radius 3 is 2.60 bits per heavy atom. The lowest BCUT2D eigenvalue weighted by Gasteiger charge is -2.28. The molecule has 0 heterocycles. The quantitative estimate of drug-likeness (QED) is 0.765. The van der Waals surface area contributed by atoms with Crippen molar-refractivity contribution >= 4 is 11.6 Å². The van der Waals surface area contributed by atoms with Crippen LogP contribution in [0.1, 0.15) is 32.3 Å². The molecule has 3 N–H and O–H groups in total. The number of nitrogens with zero attached hydrogens (tertiary/aromatic N) is 1. The minimum Gasteiger partial charge on any atom is -0.374 e. The van der Waals surface area contributed by atoms with Crippen LogP contribution in [0.2, 0.25) is 0 Å². The van der Waals surface area contributed by atoms with Crippen LogP contribution in [0.3, 0.4) is 0 Å². The van der Waals surface area contributed by atoms with Crippen molar-refractivity contribution in [1.29, 1.82) is 0 Å². The molecule has 0 aromatic heterocycles. The number of hydrogen-bond acceptors (Lipinski definition) is 3. The van der Waals surface area contributed by atoms with Gasteiger partial charge in [-0.15, -0.1) is 0 Å². The number of nitrogens with two attached hydrogens (primary N) is 1. The smallest absolute Gasteiger partial charge is 0.237 e. The zero-order chi connectivity index (χ0) is 15.2. The summed E-state index contributed by atoms with van der Waals surface area (Å²) >= 11 is 0. The lowest BCUT2D eigenvalue weighted by atomic mass is 9.94. The summed E-state index contributed by atoms with van der Waals surface area (Å²) in [4.78, 5) is 13.8. The van der Waals surface area contributed by atoms with Crippen molar-refractivity contribution in [3.8, 4) is 0 Å². The molecular weight excluding hydrogens is 250 g/mol. The average molecular weight is 277 g/mol. The largest absolute Gasteiger partial charge is 0.374 e. The van der Waals surface area contributed by atoms with Crippen LogP contribution in [0.5, 0.6) is 0 Å². The van der Waals surface area contributed by atoms with Gasteiger partial charge in [-0.1, -0.05) is 25.1 Å². The molecule has 1 amide bonds. The maximum Gasteiger partial charge on any atom is 0.237 e. The van der Waals surface area contributed by atoms with Gasteiger partial charge in [0.1, 0.15) is 0 Å². The van der Waals surface area contributed by atoms with E-state index >= 15 is 0 Å². The van der Waals surface area contributed by atoms with Crippen LogP contribution in [0.15, 0.2) is 24.3 Å². The van der Waals surface area contributed by atoms with E-state index in [1.807, 2.05) is 26.0 Å². The van der Waals surface area contributed by atoms with Crippen molar-refractivity contribution in [3.63, 3.8) is 0 Å². The van der Waals surface area contributed by atoms with E-state index in [0.29, 0.717) is 0 Å². The minimum atomic E-state index is -0.610. The second kappa shape index (κ2) is 7.29. The summed E-state index contributed by atoms with van der Waals surface area (Å²) in [7, 11) is 2.08. The van der Waals surface area contributed by atoms with Crippen LogP contribution < -0.4 is 16.0 Å². The maximum atomic E-state index is 11.6. The lowest BCUT2D eigenvalue weighted by molar-refractivity contribution is -0.124. The molecule has 0 fully saturated rings. The van der Waals surface area contributed by atoms with Gasteiger partial charge in [0.25, 0.3) is 0 Å². The molecule has 0 aliphatic rings. The highest BCUT2D eigenvalue weighted by molar-refractivity contribution is 5.84. The fourth-order valence-corrected chi connectivity index (χ4v) is 2.47. The summed E-state index contributed by atoms with van der Waals surface area (Å²) in [5, 5.41) is 3.19. The summed E-state index contributed by atoms with van der Waals surface area (Å²) in [5.41, 5.74) is 7.38. The van der Waals surface area contributed by atoms with Gasteiger partial charge in [0, 0.05) is 19.3 Å². The highest BCUT2D eigenvalue weighted by Gasteiger charge is 2.29. The van der Waals surface area contributed by atoms with E-state index in [0.717, 1.165) is 25.9 Å². The molecule has 1 aromatic carbocycles. The number of primary amides is 1. The topological polar surface area (TPSA) is 58.4 Å². The molecule has 0 bridgehead atoms. The number of para-hydroxylation sites is 1. The fraction of sp³-hybridized carbons (Fsp3) is 0.562. The Hall–Kier alpha value is -1.55. The zero-order valence-electron chi connectivity index (χ0n) is 13.1. The van der Waals surface area contributed by atoms with Crippen molar-refractivity contribution in [2.45, 2.75) is 39.2 Å². The first-order valence-electron chi connectivity index (χ1n) is 7.22. The van der Waals surface area contributed by atoms with Gasteiger partial charge in [0.15, 0.2) is 0 Å². The Kier molecular flexibility index (Phi) is 6.02. The Morgan fingerprint density at radius 2 is 2.05 bits per heavy atom. The summed E-state index contributed by atoms with van der Waals surface area (Å²) < 4.78 is 0. The van der Waals surface area contributed by atoms with Gasteiger partial charge in [-0.3, -0.25) is 4.79 Å². The molecule has 112 valence electrons. The molecule has 0 spiro atoms. The predicted octanol–water partition coefficient (Wildman–Crippen LogP) is 2.06. The van der Waals surface area contributed by atoms with Gasteiger partial charge in [0.05, 0.1) is 5.54 Å². The molecule has 1 unspecified atom stereocenters. The number of likely N-dealkylation sites (N-methyl/N-ethyl adjacent to an activating group) is 1. The molecule has 0 saturated carbocycles. The molecule has 4 heteroatoms. The van der Waals surface area contributed by atoms with Crippen LogP contribution in [-0.4, -0.2) is 31.6 Å². The molecule has 0 saturated heterocycles. The Balaban J connectivity index is 2.55. The summed E-state index contributed by atoms with van der Waals surface area (Å²) in [6, 6.07) is 8.32. The molecular formula is C16H27N3O. The molecule has 4 nitrogen and oxygen atoms in total. The fourth-order valence-electron chi connectivity index (χ4n) is 2.47. The first-order valence-corrected chi connectivity index (χ1v) is 7.22. The number of carbonyl (C=O) groups excluding carboxylic acids is 1. The number of carbonyl (C=O) groups is 1. The number of rotatable bonds is 8. The Morgan fingerprint density at radius 1 is 1.40 bits per heavy atom. The number of benzene rings is 1. The zero-order valence-corrected chi connectivity index (χ0v) is 13.1. The first-order chi connectivity index (χ1) is 9.40. The van der Waals surface area contributed by atoms with Crippen LogP contribution in [-0.2, 0) is 4.79 Å². The minimum absolute atomic E-state index is 0.280. The van der Waals surface area contributed by atoms with Crippen molar-refractivity contribution in [1.82, 2.24) is 5.32 Å². The third-order valence-electron chi connectivity index (χ3n) is 3.81. The monoisotopic (exact) mass is 277 g/mol. The number of aryl methyl sites for hydroxylation is 1. The summed E-state index contributed by atoms with van der Waals surface area (Å²) in [6.45, 7) is 7.62. The number of amides is 1. The standard InChI is InChI=1S/C16H27N3O/c1-5-18-16(3,15(17)20)11-8-12-19(4)14-10-7-6-9-13(14)2/h6-7,9-10,18H,5,8,11-12H2,1-4H3,(H2,17,20). The molecule has 0 aliphatic heterocycles. The van der Waals surface area contributed by atoms with Crippen LogP contribution in [0, 0.1) is 6.92 Å². The second-order valence-electron chi connectivity index (χ2n) is 5.54. The third-order valence-corrected chi connectivity index (χ3v) is 3.81. The highest BCUT2D eigenvalue weighted by Crippen LogP contribution is 2.19. The Labute approximate surface area is 122 Å². The van der Waals surface area contributed by atoms with E-state index in [1.54, 1.807) is 0 Å². The highest BCUT2D eigenvalue weighted by atomic mass is 16.1. The van der Waals surface area contributed by atoms with Crippen LogP contribution >= 0.6 is 0 Å². The SMILES string of the molecule is CCNC(C)(CCCN(C)c1ccccc1C)C(N)=O. The van der Waals surface area contributed by atoms with Crippen LogP contribution in [0.4, 0.5) is 5.69 Å². The van der Waals surface area contributed by atoms with Gasteiger partial charge in [-0.2, -0.15) is 0 Å². The van der Waals surface area contributed by atoms with E-state index in [-0.39, 0.29) is 5.91 Å². The van der Waals surface area contributed by atoms with Gasteiger partial charge >= 0.3 is 0 Å². The van der Waals surface area contributed by atoms with Crippen molar-refractivity contribution in [2.75, 3.05) is 25.0 Å². The normalized spacial score (nSPS) is 13.8. The maximum absolute atomic E-state index is 11.6. The summed E-state index contributed by atoms with van der Waals surface area (Å²) in [6.07, 6.45) is 1.66. The van der Waals surface area contributed by atoms with Crippen molar-refractivity contribution in [2.24, 2.45) is 5.73 Å². The first kappa shape index (κ1) is 16.5. The number of nitrogens with one attached hydrogen (secondary N) is 1. The summed E-state index contributed by atoms with van der Waals surface area (Å²) in [5.74, 6) is -0.280. The van der Waals surface area contributed by atoms with Crippen LogP contribution in [0.25, 0.3) is 0 Å². The molecule has 1 atom stereocenters. The van der Waals surface area contributed by atoms with Crippen molar-refractivity contribution < 1.29 is 4.79 Å². The molecule has 0 aliphatic carbocycles. The van der Waals surface area contributed by atoms with E-state index in [1.165, 1.54) is 11.3 Å². The number of hydrogen-bond donors (Lipinski definition) is 2. The van der Waals surface area contributed by atoms with Gasteiger partial charge in [-0.05, 0) is 44.9 Å². The molecule has 1 rings (SSSR count).